The Bertz CT molecular complexity index is 1760. The zero-order valence-electron chi connectivity index (χ0n) is 26.5. The molecule has 8 nitrogen and oxygen atoms in total. The van der Waals surface area contributed by atoms with Gasteiger partial charge in [0, 0.05) is 6.20 Å². The molecule has 9 heteroatoms. The topological polar surface area (TPSA) is 93.2 Å². The van der Waals surface area contributed by atoms with Crippen LogP contribution in [0, 0.1) is 0 Å². The molecule has 0 spiro atoms. The number of hydrogen-bond donors (Lipinski definition) is 0. The van der Waals surface area contributed by atoms with Crippen LogP contribution in [0.3, 0.4) is 0 Å². The van der Waals surface area contributed by atoms with Crippen molar-refractivity contribution in [3.8, 4) is 0 Å². The molecule has 0 amide bonds. The Balaban J connectivity index is 1.37. The monoisotopic (exact) mass is 665 g/mol. The molecule has 1 fully saturated rings. The summed E-state index contributed by atoms with van der Waals surface area (Å²) in [4.78, 5) is 4.19. The number of benzene rings is 4. The fraction of sp³-hybridized carbons (Fsp3) is 0.256. The third kappa shape index (κ3) is 8.82. The van der Waals surface area contributed by atoms with Crippen molar-refractivity contribution >= 4 is 9.84 Å². The molecule has 248 valence electrons. The molecule has 5 atom stereocenters. The molecule has 1 saturated heterocycles. The van der Waals surface area contributed by atoms with E-state index in [2.05, 4.69) is 4.98 Å². The Kier molecular flexibility index (Phi) is 11.7. The maximum atomic E-state index is 14.4. The quantitative estimate of drug-likeness (QED) is 0.124. The first-order valence-electron chi connectivity index (χ1n) is 16.0. The van der Waals surface area contributed by atoms with Crippen molar-refractivity contribution in [3.05, 3.63) is 168 Å². The molecule has 4 aromatic carbocycles. The molecule has 2 heterocycles. The van der Waals surface area contributed by atoms with Crippen molar-refractivity contribution in [1.29, 1.82) is 0 Å². The van der Waals surface area contributed by atoms with Crippen LogP contribution >= 0.6 is 0 Å². The minimum Gasteiger partial charge on any atom is -0.374 e. The molecular formula is C39H39NO7S. The van der Waals surface area contributed by atoms with Crippen molar-refractivity contribution < 1.29 is 32.1 Å². The molecule has 6 rings (SSSR count). The number of hydrogen-bond acceptors (Lipinski definition) is 8. The van der Waals surface area contributed by atoms with E-state index in [0.717, 1.165) is 22.3 Å². The van der Waals surface area contributed by atoms with E-state index in [9.17, 15) is 8.42 Å². The smallest absolute Gasteiger partial charge is 0.225 e. The van der Waals surface area contributed by atoms with Crippen LogP contribution < -0.4 is 0 Å². The van der Waals surface area contributed by atoms with Crippen LogP contribution in [0.5, 0.6) is 0 Å². The maximum absolute atomic E-state index is 14.4. The van der Waals surface area contributed by atoms with E-state index in [1.165, 1.54) is 12.3 Å². The summed E-state index contributed by atoms with van der Waals surface area (Å²) in [7, 11) is -4.18. The highest BCUT2D eigenvalue weighted by atomic mass is 32.2. The first kappa shape index (κ1) is 33.7. The molecule has 1 aliphatic rings. The van der Waals surface area contributed by atoms with Gasteiger partial charge >= 0.3 is 0 Å². The van der Waals surface area contributed by atoms with Crippen molar-refractivity contribution in [2.75, 3.05) is 6.61 Å². The van der Waals surface area contributed by atoms with E-state index in [1.807, 2.05) is 121 Å². The third-order valence-corrected chi connectivity index (χ3v) is 9.89. The molecule has 5 aromatic rings. The lowest BCUT2D eigenvalue weighted by Gasteiger charge is -2.45. The molecule has 0 aliphatic carbocycles. The minimum absolute atomic E-state index is 0.0548. The minimum atomic E-state index is -4.18. The summed E-state index contributed by atoms with van der Waals surface area (Å²) < 4.78 is 61.2. The van der Waals surface area contributed by atoms with E-state index < -0.39 is 39.7 Å². The number of nitrogens with zero attached hydrogens (tertiary/aromatic N) is 1. The highest BCUT2D eigenvalue weighted by Gasteiger charge is 2.53. The van der Waals surface area contributed by atoms with Gasteiger partial charge in [-0.05, 0) is 34.4 Å². The van der Waals surface area contributed by atoms with Gasteiger partial charge in [-0.25, -0.2) is 13.4 Å². The second kappa shape index (κ2) is 16.7. The van der Waals surface area contributed by atoms with Gasteiger partial charge in [0.05, 0.1) is 33.0 Å². The number of sulfone groups is 1. The summed E-state index contributed by atoms with van der Waals surface area (Å²) in [6.07, 6.45) is -2.06. The van der Waals surface area contributed by atoms with Crippen molar-refractivity contribution in [1.82, 2.24) is 4.98 Å². The first-order valence-corrected chi connectivity index (χ1v) is 17.5. The highest BCUT2D eigenvalue weighted by Crippen LogP contribution is 2.35. The van der Waals surface area contributed by atoms with Crippen LogP contribution in [0.1, 0.15) is 22.3 Å². The molecule has 0 radical (unpaired) electrons. The molecule has 1 aromatic heterocycles. The fourth-order valence-corrected chi connectivity index (χ4v) is 7.22. The molecule has 48 heavy (non-hydrogen) atoms. The summed E-state index contributed by atoms with van der Waals surface area (Å²) in [6, 6.07) is 43.6. The Morgan fingerprint density at radius 2 is 0.958 bits per heavy atom. The number of pyridine rings is 1. The lowest BCUT2D eigenvalue weighted by molar-refractivity contribution is -0.256. The van der Waals surface area contributed by atoms with Gasteiger partial charge in [0.15, 0.2) is 10.5 Å². The fourth-order valence-electron chi connectivity index (χ4n) is 5.63. The van der Waals surface area contributed by atoms with Crippen LogP contribution in [0.15, 0.2) is 151 Å². The molecule has 0 bridgehead atoms. The number of aromatic nitrogens is 1. The third-order valence-electron chi connectivity index (χ3n) is 8.08. The SMILES string of the molecule is O=S(=O)(c1ccccn1)C1OC(COCc2ccccc2)C(OCc2ccccc2)C(OCc2ccccc2)C1OCc1ccccc1. The van der Waals surface area contributed by atoms with Gasteiger partial charge in [-0.15, -0.1) is 0 Å². The van der Waals surface area contributed by atoms with Crippen molar-refractivity contribution in [3.63, 3.8) is 0 Å². The second-order valence-corrected chi connectivity index (χ2v) is 13.5. The summed E-state index contributed by atoms with van der Waals surface area (Å²) in [5, 5.41) is -0.113. The van der Waals surface area contributed by atoms with Gasteiger partial charge < -0.3 is 23.7 Å². The Hall–Kier alpha value is -4.22. The Morgan fingerprint density at radius 3 is 1.44 bits per heavy atom. The lowest BCUT2D eigenvalue weighted by Crippen LogP contribution is -2.63. The number of ether oxygens (including phenoxy) is 5. The standard InChI is InChI=1S/C39H39NO7S/c41-48(42,35-23-13-14-24-40-35)39-38(46-28-33-21-11-4-12-22-33)37(45-27-32-19-9-3-10-20-32)36(44-26-31-17-7-2-8-18-31)34(47-39)29-43-25-30-15-5-1-6-16-30/h1-24,34,36-39H,25-29H2. The summed E-state index contributed by atoms with van der Waals surface area (Å²) in [5.41, 5.74) is 2.28. The van der Waals surface area contributed by atoms with Crippen LogP contribution in [-0.4, -0.2) is 49.9 Å². The van der Waals surface area contributed by atoms with E-state index in [1.54, 1.807) is 12.1 Å². The van der Waals surface area contributed by atoms with Gasteiger partial charge in [-0.3, -0.25) is 0 Å². The van der Waals surface area contributed by atoms with E-state index in [-0.39, 0.29) is 31.5 Å². The number of rotatable bonds is 15. The zero-order valence-corrected chi connectivity index (χ0v) is 27.3. The first-order chi connectivity index (χ1) is 23.6. The largest absolute Gasteiger partial charge is 0.374 e. The van der Waals surface area contributed by atoms with Crippen LogP contribution in [0.4, 0.5) is 0 Å². The molecule has 0 N–H and O–H groups in total. The summed E-state index contributed by atoms with van der Waals surface area (Å²) >= 11 is 0. The van der Waals surface area contributed by atoms with Crippen molar-refractivity contribution in [2.45, 2.75) is 61.3 Å². The summed E-state index contributed by atoms with van der Waals surface area (Å²) in [6.45, 7) is 0.954. The zero-order chi connectivity index (χ0) is 33.0. The van der Waals surface area contributed by atoms with Crippen LogP contribution in [-0.2, 0) is 59.9 Å². The molecule has 0 saturated carbocycles. The van der Waals surface area contributed by atoms with E-state index >= 15 is 0 Å². The predicted octanol–water partition coefficient (Wildman–Crippen LogP) is 6.55. The lowest BCUT2D eigenvalue weighted by atomic mass is 9.98. The maximum Gasteiger partial charge on any atom is 0.225 e. The summed E-state index contributed by atoms with van der Waals surface area (Å²) in [5.74, 6) is 0. The van der Waals surface area contributed by atoms with Gasteiger partial charge in [0.1, 0.15) is 24.4 Å². The van der Waals surface area contributed by atoms with Crippen molar-refractivity contribution in [2.24, 2.45) is 0 Å². The van der Waals surface area contributed by atoms with E-state index in [4.69, 9.17) is 23.7 Å². The van der Waals surface area contributed by atoms with Crippen LogP contribution in [0.2, 0.25) is 0 Å². The average molecular weight is 666 g/mol. The Labute approximate surface area is 282 Å². The average Bonchev–Trinajstić information content (AvgIpc) is 3.14. The predicted molar refractivity (Wildman–Crippen MR) is 181 cm³/mol. The Morgan fingerprint density at radius 1 is 0.521 bits per heavy atom. The van der Waals surface area contributed by atoms with Gasteiger partial charge in [-0.2, -0.15) is 0 Å². The van der Waals surface area contributed by atoms with Crippen LogP contribution in [0.25, 0.3) is 0 Å². The normalized spacial score (nSPS) is 21.1. The van der Waals surface area contributed by atoms with Gasteiger partial charge in [-0.1, -0.05) is 127 Å². The van der Waals surface area contributed by atoms with E-state index in [0.29, 0.717) is 6.61 Å². The highest BCUT2D eigenvalue weighted by molar-refractivity contribution is 7.91. The molecular weight excluding hydrogens is 626 g/mol. The second-order valence-electron chi connectivity index (χ2n) is 11.5. The van der Waals surface area contributed by atoms with Gasteiger partial charge in [0.25, 0.3) is 0 Å². The van der Waals surface area contributed by atoms with Gasteiger partial charge in [0.2, 0.25) is 9.84 Å². The molecule has 5 unspecified atom stereocenters. The molecule has 1 aliphatic heterocycles.